The third kappa shape index (κ3) is 5.41. The van der Waals surface area contributed by atoms with E-state index in [4.69, 9.17) is 19.6 Å². The zero-order chi connectivity index (χ0) is 26.8. The maximum Gasteiger partial charge on any atom is 0.270 e. The van der Waals surface area contributed by atoms with Crippen LogP contribution in [0.3, 0.4) is 0 Å². The van der Waals surface area contributed by atoms with Crippen molar-refractivity contribution in [2.75, 3.05) is 32.2 Å². The van der Waals surface area contributed by atoms with Crippen LogP contribution in [0.15, 0.2) is 64.0 Å². The van der Waals surface area contributed by atoms with Gasteiger partial charge in [0, 0.05) is 36.9 Å². The van der Waals surface area contributed by atoms with Gasteiger partial charge in [-0.2, -0.15) is 0 Å². The summed E-state index contributed by atoms with van der Waals surface area (Å²) in [4.78, 5) is 9.09. The van der Waals surface area contributed by atoms with Crippen LogP contribution in [-0.2, 0) is 25.9 Å². The van der Waals surface area contributed by atoms with Gasteiger partial charge in [0.05, 0.1) is 35.2 Å². The number of sulfone groups is 1. The second-order valence-corrected chi connectivity index (χ2v) is 11.8. The van der Waals surface area contributed by atoms with Crippen LogP contribution in [0.2, 0.25) is 0 Å². The summed E-state index contributed by atoms with van der Waals surface area (Å²) >= 11 is 0. The molecule has 0 aliphatic carbocycles. The van der Waals surface area contributed by atoms with Crippen LogP contribution in [0.1, 0.15) is 18.4 Å². The predicted octanol–water partition coefficient (Wildman–Crippen LogP) is 2.88. The Labute approximate surface area is 225 Å². The summed E-state index contributed by atoms with van der Waals surface area (Å²) in [5, 5.41) is 11.3. The number of rotatable bonds is 8. The summed E-state index contributed by atoms with van der Waals surface area (Å²) in [7, 11) is -3.45. The Hall–Kier alpha value is -3.71. The quantitative estimate of drug-likeness (QED) is 0.334. The Morgan fingerprint density at radius 1 is 0.897 bits per heavy atom. The van der Waals surface area contributed by atoms with E-state index in [9.17, 15) is 8.42 Å². The Morgan fingerprint density at radius 2 is 1.62 bits per heavy atom. The molecule has 2 aromatic heterocycles. The topological polar surface area (TPSA) is 155 Å². The number of nitrogen functional groups attached to an aromatic ring is 1. The summed E-state index contributed by atoms with van der Waals surface area (Å²) in [5.74, 6) is 0.627. The van der Waals surface area contributed by atoms with Crippen molar-refractivity contribution in [1.29, 1.82) is 0 Å². The van der Waals surface area contributed by atoms with Crippen molar-refractivity contribution in [2.24, 2.45) is 0 Å². The first-order chi connectivity index (χ1) is 19.0. The lowest BCUT2D eigenvalue weighted by Crippen LogP contribution is -2.28. The second kappa shape index (κ2) is 10.8. The van der Waals surface area contributed by atoms with E-state index in [1.807, 2.05) is 24.3 Å². The van der Waals surface area contributed by atoms with Crippen molar-refractivity contribution in [2.45, 2.75) is 35.6 Å². The van der Waals surface area contributed by atoms with E-state index < -0.39 is 15.1 Å². The molecule has 12 heteroatoms. The molecular weight excluding hydrogens is 520 g/mol. The molecule has 0 amide bonds. The molecule has 2 aromatic carbocycles. The van der Waals surface area contributed by atoms with E-state index in [2.05, 4.69) is 25.5 Å². The molecule has 11 nitrogen and oxygen atoms in total. The second-order valence-electron chi connectivity index (χ2n) is 9.59. The van der Waals surface area contributed by atoms with Gasteiger partial charge in [0.25, 0.3) is 5.89 Å². The summed E-state index contributed by atoms with van der Waals surface area (Å²) < 4.78 is 42.2. The number of anilines is 1. The number of benzene rings is 2. The maximum absolute atomic E-state index is 12.8. The number of nitrogens with one attached hydrogen (secondary N) is 1. The SMILES string of the molecule is Nc1ncc(-c2ccc(S(=O)(=O)[C@@H]3CCOC3)cc2)nc1-c1nnc(-c2ccc(CN[C@@H]3CCOC3)cc2)o1. The molecule has 2 atom stereocenters. The molecule has 0 unspecified atom stereocenters. The number of hydrogen-bond acceptors (Lipinski definition) is 11. The van der Waals surface area contributed by atoms with Crippen LogP contribution in [0.4, 0.5) is 5.82 Å². The zero-order valence-electron chi connectivity index (χ0n) is 21.1. The largest absolute Gasteiger partial charge is 0.414 e. The van der Waals surface area contributed by atoms with Gasteiger partial charge in [-0.1, -0.05) is 24.3 Å². The minimum absolute atomic E-state index is 0.143. The Morgan fingerprint density at radius 3 is 2.33 bits per heavy atom. The van der Waals surface area contributed by atoms with E-state index in [1.54, 1.807) is 24.3 Å². The van der Waals surface area contributed by atoms with Crippen LogP contribution in [-0.4, -0.2) is 66.3 Å². The third-order valence-electron chi connectivity index (χ3n) is 6.96. The molecule has 202 valence electrons. The number of ether oxygens (including phenoxy) is 2. The van der Waals surface area contributed by atoms with Gasteiger partial charge < -0.3 is 24.9 Å². The van der Waals surface area contributed by atoms with Crippen LogP contribution >= 0.6 is 0 Å². The molecule has 2 aliphatic rings. The van der Waals surface area contributed by atoms with Crippen molar-refractivity contribution < 1.29 is 22.3 Å². The summed E-state index contributed by atoms with van der Waals surface area (Å²) in [6.07, 6.45) is 3.05. The Bertz CT molecular complexity index is 1540. The van der Waals surface area contributed by atoms with Crippen LogP contribution in [0.5, 0.6) is 0 Å². The van der Waals surface area contributed by atoms with Gasteiger partial charge in [-0.3, -0.25) is 0 Å². The van der Waals surface area contributed by atoms with Crippen molar-refractivity contribution in [3.05, 3.63) is 60.3 Å². The van der Waals surface area contributed by atoms with Crippen LogP contribution in [0.25, 0.3) is 34.3 Å². The smallest absolute Gasteiger partial charge is 0.270 e. The number of nitrogens with zero attached hydrogens (tertiary/aromatic N) is 4. The molecule has 39 heavy (non-hydrogen) atoms. The fourth-order valence-electron chi connectivity index (χ4n) is 4.62. The molecule has 3 N–H and O–H groups in total. The van der Waals surface area contributed by atoms with Gasteiger partial charge in [0.1, 0.15) is 0 Å². The molecule has 0 radical (unpaired) electrons. The van der Waals surface area contributed by atoms with Gasteiger partial charge in [-0.05, 0) is 42.7 Å². The highest BCUT2D eigenvalue weighted by molar-refractivity contribution is 7.92. The summed E-state index contributed by atoms with van der Waals surface area (Å²) in [6.45, 7) is 2.99. The molecule has 0 bridgehead atoms. The van der Waals surface area contributed by atoms with Crippen molar-refractivity contribution in [1.82, 2.24) is 25.5 Å². The maximum atomic E-state index is 12.8. The van der Waals surface area contributed by atoms with Gasteiger partial charge in [0.2, 0.25) is 5.89 Å². The van der Waals surface area contributed by atoms with Crippen LogP contribution in [0, 0.1) is 0 Å². The minimum atomic E-state index is -3.45. The Kier molecular flexibility index (Phi) is 7.09. The first kappa shape index (κ1) is 25.6. The van der Waals surface area contributed by atoms with Crippen LogP contribution < -0.4 is 11.1 Å². The first-order valence-corrected chi connectivity index (χ1v) is 14.3. The van der Waals surface area contributed by atoms with Crippen molar-refractivity contribution >= 4 is 15.7 Å². The fourth-order valence-corrected chi connectivity index (χ4v) is 6.20. The average molecular weight is 549 g/mol. The van der Waals surface area contributed by atoms with Gasteiger partial charge >= 0.3 is 0 Å². The zero-order valence-corrected chi connectivity index (χ0v) is 21.9. The summed E-state index contributed by atoms with van der Waals surface area (Å²) in [5.41, 5.74) is 9.44. The van der Waals surface area contributed by atoms with E-state index in [-0.39, 0.29) is 28.9 Å². The Balaban J connectivity index is 1.18. The molecule has 4 heterocycles. The number of hydrogen-bond donors (Lipinski definition) is 2. The molecule has 0 spiro atoms. The standard InChI is InChI=1S/C27H28N6O5S/c28-25-24(27-33-32-26(38-27)19-3-1-17(2-4-19)13-29-20-9-11-36-15-20)31-23(14-30-25)18-5-7-21(8-6-18)39(34,35)22-10-12-37-16-22/h1-8,14,20,22,29H,9-13,15-16H2,(H2,28,30)/t20-,22-/m1/s1. The van der Waals surface area contributed by atoms with Crippen molar-refractivity contribution in [3.63, 3.8) is 0 Å². The predicted molar refractivity (Wildman–Crippen MR) is 143 cm³/mol. The van der Waals surface area contributed by atoms with E-state index in [0.717, 1.165) is 37.3 Å². The molecule has 2 saturated heterocycles. The lowest BCUT2D eigenvalue weighted by Gasteiger charge is -2.10. The molecule has 4 aromatic rings. The lowest BCUT2D eigenvalue weighted by molar-refractivity contribution is 0.190. The molecule has 6 rings (SSSR count). The third-order valence-corrected chi connectivity index (χ3v) is 9.14. The highest BCUT2D eigenvalue weighted by Gasteiger charge is 2.31. The number of aromatic nitrogens is 4. The van der Waals surface area contributed by atoms with E-state index in [1.165, 1.54) is 6.20 Å². The highest BCUT2D eigenvalue weighted by Crippen LogP contribution is 2.29. The van der Waals surface area contributed by atoms with Crippen molar-refractivity contribution in [3.8, 4) is 34.3 Å². The lowest BCUT2D eigenvalue weighted by atomic mass is 10.1. The molecule has 0 saturated carbocycles. The first-order valence-electron chi connectivity index (χ1n) is 12.8. The average Bonchev–Trinajstić information content (AvgIpc) is 3.76. The molecule has 2 aliphatic heterocycles. The van der Waals surface area contributed by atoms with E-state index in [0.29, 0.717) is 36.2 Å². The van der Waals surface area contributed by atoms with Gasteiger partial charge in [-0.25, -0.2) is 18.4 Å². The highest BCUT2D eigenvalue weighted by atomic mass is 32.2. The van der Waals surface area contributed by atoms with Gasteiger partial charge in [0.15, 0.2) is 21.3 Å². The fraction of sp³-hybridized carbons (Fsp3) is 0.333. The number of nitrogens with two attached hydrogens (primary N) is 1. The molecule has 2 fully saturated rings. The monoisotopic (exact) mass is 548 g/mol. The molecular formula is C27H28N6O5S. The normalized spacial score (nSPS) is 19.5. The summed E-state index contributed by atoms with van der Waals surface area (Å²) in [6, 6.07) is 14.8. The van der Waals surface area contributed by atoms with E-state index >= 15 is 0 Å². The van der Waals surface area contributed by atoms with Gasteiger partial charge in [-0.15, -0.1) is 10.2 Å². The minimum Gasteiger partial charge on any atom is -0.414 e.